The normalized spacial score (nSPS) is 45.8. The van der Waals surface area contributed by atoms with Gasteiger partial charge in [0, 0.05) is 11.8 Å². The van der Waals surface area contributed by atoms with Crippen molar-refractivity contribution >= 4 is 0 Å². The molecule has 0 aromatic heterocycles. The molecular formula is C15H26O3. The minimum atomic E-state index is -0.699. The van der Waals surface area contributed by atoms with E-state index in [0.717, 1.165) is 24.8 Å². The smallest absolute Gasteiger partial charge is 0.0775 e. The van der Waals surface area contributed by atoms with Gasteiger partial charge in [0.25, 0.3) is 0 Å². The van der Waals surface area contributed by atoms with Crippen LogP contribution in [0, 0.1) is 17.3 Å². The van der Waals surface area contributed by atoms with Crippen LogP contribution in [-0.4, -0.2) is 33.1 Å². The van der Waals surface area contributed by atoms with Gasteiger partial charge in [0.2, 0.25) is 0 Å². The molecule has 0 saturated heterocycles. The summed E-state index contributed by atoms with van der Waals surface area (Å²) in [6, 6.07) is 0. The molecule has 5 atom stereocenters. The van der Waals surface area contributed by atoms with E-state index >= 15 is 0 Å². The molecule has 0 amide bonds. The number of rotatable bonds is 1. The Morgan fingerprint density at radius 1 is 1.28 bits per heavy atom. The zero-order chi connectivity index (χ0) is 13.7. The van der Waals surface area contributed by atoms with Gasteiger partial charge in [-0.1, -0.05) is 13.5 Å². The standard InChI is InChI=1S/C15H26O3/c1-9-11-7-10(14(2,3)18)5-6-15(11,4)13(17)8-12(9)16/h10-13,16-18H,1,5-8H2,2-4H3/t10-,11+,12+,13-,15-/m1/s1. The van der Waals surface area contributed by atoms with Crippen molar-refractivity contribution in [1.82, 2.24) is 0 Å². The lowest BCUT2D eigenvalue weighted by molar-refractivity contribution is -0.107. The maximum absolute atomic E-state index is 10.3. The summed E-state index contributed by atoms with van der Waals surface area (Å²) >= 11 is 0. The average Bonchev–Trinajstić information content (AvgIpc) is 2.25. The predicted octanol–water partition coefficient (Wildman–Crippen LogP) is 1.86. The SMILES string of the molecule is C=C1[C@@H](O)C[C@@H](O)[C@]2(C)CC[C@@H](C(C)(C)O)C[C@@H]12. The minimum absolute atomic E-state index is 0.112. The Labute approximate surface area is 110 Å². The van der Waals surface area contributed by atoms with Gasteiger partial charge in [0.1, 0.15) is 0 Å². The summed E-state index contributed by atoms with van der Waals surface area (Å²) in [5, 5.41) is 30.4. The summed E-state index contributed by atoms with van der Waals surface area (Å²) in [5.74, 6) is 0.325. The number of hydrogen-bond donors (Lipinski definition) is 3. The van der Waals surface area contributed by atoms with E-state index in [1.165, 1.54) is 0 Å². The molecule has 2 rings (SSSR count). The molecule has 3 nitrogen and oxygen atoms in total. The highest BCUT2D eigenvalue weighted by molar-refractivity contribution is 5.20. The quantitative estimate of drug-likeness (QED) is 0.626. The fraction of sp³-hybridized carbons (Fsp3) is 0.867. The van der Waals surface area contributed by atoms with Crippen molar-refractivity contribution in [3.63, 3.8) is 0 Å². The molecule has 0 bridgehead atoms. The van der Waals surface area contributed by atoms with Crippen LogP contribution < -0.4 is 0 Å². The fourth-order valence-corrected chi connectivity index (χ4v) is 3.81. The van der Waals surface area contributed by atoms with Crippen LogP contribution >= 0.6 is 0 Å². The van der Waals surface area contributed by atoms with Crippen LogP contribution in [0.15, 0.2) is 12.2 Å². The van der Waals surface area contributed by atoms with E-state index in [1.807, 2.05) is 13.8 Å². The molecule has 0 spiro atoms. The maximum Gasteiger partial charge on any atom is 0.0775 e. The molecular weight excluding hydrogens is 228 g/mol. The van der Waals surface area contributed by atoms with Crippen LogP contribution in [0.2, 0.25) is 0 Å². The highest BCUT2D eigenvalue weighted by atomic mass is 16.3. The lowest BCUT2D eigenvalue weighted by atomic mass is 9.53. The molecule has 104 valence electrons. The molecule has 3 N–H and O–H groups in total. The molecule has 18 heavy (non-hydrogen) atoms. The molecule has 0 aromatic carbocycles. The van der Waals surface area contributed by atoms with Crippen LogP contribution in [0.5, 0.6) is 0 Å². The third kappa shape index (κ3) is 2.13. The second-order valence-corrected chi connectivity index (χ2v) is 7.03. The average molecular weight is 254 g/mol. The zero-order valence-electron chi connectivity index (χ0n) is 11.7. The highest BCUT2D eigenvalue weighted by Gasteiger charge is 2.52. The van der Waals surface area contributed by atoms with Crippen molar-refractivity contribution in [2.75, 3.05) is 0 Å². The Morgan fingerprint density at radius 3 is 2.44 bits per heavy atom. The van der Waals surface area contributed by atoms with Gasteiger partial charge >= 0.3 is 0 Å². The van der Waals surface area contributed by atoms with Crippen molar-refractivity contribution in [2.24, 2.45) is 17.3 Å². The van der Waals surface area contributed by atoms with Crippen LogP contribution in [0.4, 0.5) is 0 Å². The van der Waals surface area contributed by atoms with Gasteiger partial charge in [-0.15, -0.1) is 0 Å². The van der Waals surface area contributed by atoms with Crippen molar-refractivity contribution in [1.29, 1.82) is 0 Å². The molecule has 2 saturated carbocycles. The summed E-state index contributed by atoms with van der Waals surface area (Å²) < 4.78 is 0. The first kappa shape index (κ1) is 14.0. The Hall–Kier alpha value is -0.380. The number of hydrogen-bond acceptors (Lipinski definition) is 3. The second-order valence-electron chi connectivity index (χ2n) is 7.03. The van der Waals surface area contributed by atoms with E-state index in [1.54, 1.807) is 0 Å². The van der Waals surface area contributed by atoms with Crippen molar-refractivity contribution < 1.29 is 15.3 Å². The molecule has 0 aliphatic heterocycles. The van der Waals surface area contributed by atoms with Crippen LogP contribution in [0.25, 0.3) is 0 Å². The maximum atomic E-state index is 10.3. The molecule has 3 heteroatoms. The third-order valence-electron chi connectivity index (χ3n) is 5.43. The summed E-state index contributed by atoms with van der Waals surface area (Å²) in [6.45, 7) is 9.82. The fourth-order valence-electron chi connectivity index (χ4n) is 3.81. The number of aliphatic hydroxyl groups excluding tert-OH is 2. The Balaban J connectivity index is 2.25. The lowest BCUT2D eigenvalue weighted by Crippen LogP contribution is -2.53. The largest absolute Gasteiger partial charge is 0.392 e. The van der Waals surface area contributed by atoms with Gasteiger partial charge in [0.15, 0.2) is 0 Å². The van der Waals surface area contributed by atoms with Gasteiger partial charge in [-0.3, -0.25) is 0 Å². The van der Waals surface area contributed by atoms with E-state index in [0.29, 0.717) is 6.42 Å². The molecule has 2 aliphatic rings. The molecule has 0 radical (unpaired) electrons. The molecule has 2 fully saturated rings. The first-order valence-corrected chi connectivity index (χ1v) is 6.93. The molecule has 0 heterocycles. The van der Waals surface area contributed by atoms with Gasteiger partial charge in [-0.25, -0.2) is 0 Å². The number of aliphatic hydroxyl groups is 3. The van der Waals surface area contributed by atoms with Crippen molar-refractivity contribution in [3.05, 3.63) is 12.2 Å². The van der Waals surface area contributed by atoms with E-state index in [2.05, 4.69) is 13.5 Å². The minimum Gasteiger partial charge on any atom is -0.392 e. The molecule has 2 aliphatic carbocycles. The van der Waals surface area contributed by atoms with Crippen LogP contribution in [0.1, 0.15) is 46.5 Å². The first-order valence-electron chi connectivity index (χ1n) is 6.93. The zero-order valence-corrected chi connectivity index (χ0v) is 11.7. The molecule has 0 aromatic rings. The van der Waals surface area contributed by atoms with E-state index < -0.39 is 17.8 Å². The summed E-state index contributed by atoms with van der Waals surface area (Å²) in [7, 11) is 0. The lowest BCUT2D eigenvalue weighted by Gasteiger charge is -2.54. The van der Waals surface area contributed by atoms with E-state index in [9.17, 15) is 15.3 Å². The van der Waals surface area contributed by atoms with E-state index in [4.69, 9.17) is 0 Å². The van der Waals surface area contributed by atoms with Crippen molar-refractivity contribution in [2.45, 2.75) is 64.3 Å². The monoisotopic (exact) mass is 254 g/mol. The van der Waals surface area contributed by atoms with Gasteiger partial charge in [-0.05, 0) is 50.5 Å². The van der Waals surface area contributed by atoms with Gasteiger partial charge < -0.3 is 15.3 Å². The summed E-state index contributed by atoms with van der Waals surface area (Å²) in [4.78, 5) is 0. The van der Waals surface area contributed by atoms with Crippen LogP contribution in [-0.2, 0) is 0 Å². The van der Waals surface area contributed by atoms with Gasteiger partial charge in [-0.2, -0.15) is 0 Å². The topological polar surface area (TPSA) is 60.7 Å². The number of fused-ring (bicyclic) bond motifs is 1. The molecule has 0 unspecified atom stereocenters. The second kappa shape index (κ2) is 4.32. The Bertz CT molecular complexity index is 344. The predicted molar refractivity (Wildman–Crippen MR) is 71.0 cm³/mol. The van der Waals surface area contributed by atoms with Gasteiger partial charge in [0.05, 0.1) is 17.8 Å². The van der Waals surface area contributed by atoms with Crippen molar-refractivity contribution in [3.8, 4) is 0 Å². The first-order chi connectivity index (χ1) is 8.16. The highest BCUT2D eigenvalue weighted by Crippen LogP contribution is 2.54. The van der Waals surface area contributed by atoms with Crippen LogP contribution in [0.3, 0.4) is 0 Å². The Morgan fingerprint density at radius 2 is 1.89 bits per heavy atom. The Kier molecular flexibility index (Phi) is 3.37. The third-order valence-corrected chi connectivity index (χ3v) is 5.43. The summed E-state index contributed by atoms with van der Waals surface area (Å²) in [6.07, 6.45) is 1.96. The summed E-state index contributed by atoms with van der Waals surface area (Å²) in [5.41, 5.74) is -0.0377. The van der Waals surface area contributed by atoms with E-state index in [-0.39, 0.29) is 17.3 Å².